The van der Waals surface area contributed by atoms with E-state index in [-0.39, 0.29) is 17.9 Å². The maximum atomic E-state index is 13.3. The number of aromatic nitrogens is 2. The molecule has 2 aromatic carbocycles. The molecular formula is C25H21N3O2. The minimum Gasteiger partial charge on any atom is -0.493 e. The van der Waals surface area contributed by atoms with Crippen molar-refractivity contribution in [2.45, 2.75) is 18.9 Å². The highest BCUT2D eigenvalue weighted by Crippen LogP contribution is 2.35. The van der Waals surface area contributed by atoms with Gasteiger partial charge in [0.25, 0.3) is 5.91 Å². The Morgan fingerprint density at radius 1 is 1.07 bits per heavy atom. The van der Waals surface area contributed by atoms with Crippen molar-refractivity contribution in [1.29, 1.82) is 0 Å². The molecule has 5 rings (SSSR count). The van der Waals surface area contributed by atoms with Crippen molar-refractivity contribution in [3.05, 3.63) is 90.3 Å². The highest BCUT2D eigenvalue weighted by atomic mass is 16.5. The summed E-state index contributed by atoms with van der Waals surface area (Å²) in [6.45, 7) is 2.60. The van der Waals surface area contributed by atoms with E-state index in [0.717, 1.165) is 33.5 Å². The Bertz CT molecular complexity index is 1220. The van der Waals surface area contributed by atoms with Gasteiger partial charge in [-0.1, -0.05) is 36.4 Å². The summed E-state index contributed by atoms with van der Waals surface area (Å²) in [6, 6.07) is 21.3. The first-order valence-corrected chi connectivity index (χ1v) is 10.0. The monoisotopic (exact) mass is 395 g/mol. The number of hydrogen-bond donors (Lipinski definition) is 1. The van der Waals surface area contributed by atoms with Gasteiger partial charge in [0.05, 0.1) is 23.4 Å². The van der Waals surface area contributed by atoms with E-state index in [1.54, 1.807) is 12.4 Å². The SMILES string of the molecule is CC(NC(=O)c1cc(-c2ccncc2)nc2ccccc12)C1COc2ccccc21. The third-order valence-corrected chi connectivity index (χ3v) is 5.64. The Morgan fingerprint density at radius 2 is 1.83 bits per heavy atom. The van der Waals surface area contributed by atoms with Crippen LogP contribution in [-0.2, 0) is 0 Å². The smallest absolute Gasteiger partial charge is 0.252 e. The predicted octanol–water partition coefficient (Wildman–Crippen LogP) is 4.59. The number of rotatable bonds is 4. The molecule has 2 unspecified atom stereocenters. The minimum absolute atomic E-state index is 0.0718. The van der Waals surface area contributed by atoms with Gasteiger partial charge in [-0.2, -0.15) is 0 Å². The molecule has 2 atom stereocenters. The lowest BCUT2D eigenvalue weighted by atomic mass is 9.94. The quantitative estimate of drug-likeness (QED) is 0.549. The molecule has 1 amide bonds. The molecule has 0 fully saturated rings. The van der Waals surface area contributed by atoms with Crippen LogP contribution in [0.25, 0.3) is 22.2 Å². The van der Waals surface area contributed by atoms with Crippen molar-refractivity contribution in [3.8, 4) is 17.0 Å². The highest BCUT2D eigenvalue weighted by molar-refractivity contribution is 6.07. The summed E-state index contributed by atoms with van der Waals surface area (Å²) in [5, 5.41) is 4.03. The van der Waals surface area contributed by atoms with Crippen LogP contribution in [-0.4, -0.2) is 28.5 Å². The molecule has 0 saturated carbocycles. The van der Waals surface area contributed by atoms with E-state index in [4.69, 9.17) is 9.72 Å². The van der Waals surface area contributed by atoms with Crippen LogP contribution in [0.3, 0.4) is 0 Å². The van der Waals surface area contributed by atoms with Gasteiger partial charge in [-0.3, -0.25) is 9.78 Å². The summed E-state index contributed by atoms with van der Waals surface area (Å²) in [6.07, 6.45) is 3.46. The maximum absolute atomic E-state index is 13.3. The molecule has 148 valence electrons. The molecular weight excluding hydrogens is 374 g/mol. The Morgan fingerprint density at radius 3 is 2.70 bits per heavy atom. The molecule has 5 heteroatoms. The van der Waals surface area contributed by atoms with Crippen LogP contribution in [0.5, 0.6) is 5.75 Å². The van der Waals surface area contributed by atoms with E-state index >= 15 is 0 Å². The van der Waals surface area contributed by atoms with E-state index in [1.807, 2.05) is 67.6 Å². The molecule has 4 aromatic rings. The van der Waals surface area contributed by atoms with Crippen LogP contribution in [0.4, 0.5) is 0 Å². The first-order chi connectivity index (χ1) is 14.7. The molecule has 1 aliphatic rings. The first kappa shape index (κ1) is 18.3. The van der Waals surface area contributed by atoms with E-state index < -0.39 is 0 Å². The number of carbonyl (C=O) groups is 1. The van der Waals surface area contributed by atoms with Crippen LogP contribution < -0.4 is 10.1 Å². The second-order valence-electron chi connectivity index (χ2n) is 7.53. The molecule has 2 aromatic heterocycles. The lowest BCUT2D eigenvalue weighted by Gasteiger charge is -2.20. The summed E-state index contributed by atoms with van der Waals surface area (Å²) in [5.74, 6) is 0.914. The Hall–Kier alpha value is -3.73. The summed E-state index contributed by atoms with van der Waals surface area (Å²) < 4.78 is 5.80. The van der Waals surface area contributed by atoms with E-state index in [2.05, 4.69) is 16.4 Å². The fraction of sp³-hybridized carbons (Fsp3) is 0.160. The minimum atomic E-state index is -0.110. The molecule has 3 heterocycles. The van der Waals surface area contributed by atoms with Crippen LogP contribution in [0, 0.1) is 0 Å². The van der Waals surface area contributed by atoms with Gasteiger partial charge in [0, 0.05) is 40.9 Å². The van der Waals surface area contributed by atoms with Gasteiger partial charge in [-0.25, -0.2) is 4.98 Å². The average molecular weight is 395 g/mol. The van der Waals surface area contributed by atoms with Gasteiger partial charge in [-0.15, -0.1) is 0 Å². The number of pyridine rings is 2. The third kappa shape index (κ3) is 3.28. The standard InChI is InChI=1S/C25H21N3O2/c1-16(21-15-30-24-9-5-3-7-19(21)24)27-25(29)20-14-23(17-10-12-26-13-11-17)28-22-8-4-2-6-18(20)22/h2-14,16,21H,15H2,1H3,(H,27,29). The molecule has 30 heavy (non-hydrogen) atoms. The lowest BCUT2D eigenvalue weighted by molar-refractivity contribution is 0.0934. The number of nitrogens with zero attached hydrogens (tertiary/aromatic N) is 2. The molecule has 0 saturated heterocycles. The van der Waals surface area contributed by atoms with E-state index in [0.29, 0.717) is 12.2 Å². The van der Waals surface area contributed by atoms with Crippen molar-refractivity contribution in [3.63, 3.8) is 0 Å². The topological polar surface area (TPSA) is 64.1 Å². The summed E-state index contributed by atoms with van der Waals surface area (Å²) in [7, 11) is 0. The van der Waals surface area contributed by atoms with Gasteiger partial charge in [0.1, 0.15) is 5.75 Å². The van der Waals surface area contributed by atoms with Crippen LogP contribution in [0.2, 0.25) is 0 Å². The third-order valence-electron chi connectivity index (χ3n) is 5.64. The molecule has 0 radical (unpaired) electrons. The molecule has 0 aliphatic carbocycles. The zero-order chi connectivity index (χ0) is 20.5. The Kier molecular flexibility index (Phi) is 4.64. The number of amides is 1. The summed E-state index contributed by atoms with van der Waals surface area (Å²) in [5.41, 5.74) is 4.23. The normalized spacial score (nSPS) is 16.0. The van der Waals surface area contributed by atoms with Gasteiger partial charge in [0.15, 0.2) is 0 Å². The number of hydrogen-bond acceptors (Lipinski definition) is 4. The van der Waals surface area contributed by atoms with Crippen molar-refractivity contribution >= 4 is 16.8 Å². The number of nitrogens with one attached hydrogen (secondary N) is 1. The van der Waals surface area contributed by atoms with Gasteiger partial charge in [0.2, 0.25) is 0 Å². The molecule has 1 aliphatic heterocycles. The number of para-hydroxylation sites is 2. The first-order valence-electron chi connectivity index (χ1n) is 10.0. The molecule has 0 spiro atoms. The van der Waals surface area contributed by atoms with Gasteiger partial charge < -0.3 is 10.1 Å². The zero-order valence-electron chi connectivity index (χ0n) is 16.6. The fourth-order valence-corrected chi connectivity index (χ4v) is 4.02. The average Bonchev–Trinajstić information content (AvgIpc) is 3.23. The van der Waals surface area contributed by atoms with Crippen LogP contribution in [0.1, 0.15) is 28.8 Å². The largest absolute Gasteiger partial charge is 0.493 e. The molecule has 0 bridgehead atoms. The Balaban J connectivity index is 1.49. The van der Waals surface area contributed by atoms with Gasteiger partial charge in [-0.05, 0) is 37.3 Å². The van der Waals surface area contributed by atoms with E-state index in [9.17, 15) is 4.79 Å². The van der Waals surface area contributed by atoms with Crippen molar-refractivity contribution in [2.24, 2.45) is 0 Å². The van der Waals surface area contributed by atoms with E-state index in [1.165, 1.54) is 0 Å². The fourth-order valence-electron chi connectivity index (χ4n) is 4.02. The van der Waals surface area contributed by atoms with Crippen LogP contribution >= 0.6 is 0 Å². The number of benzene rings is 2. The number of fused-ring (bicyclic) bond motifs is 2. The Labute approximate surface area is 174 Å². The number of ether oxygens (including phenoxy) is 1. The van der Waals surface area contributed by atoms with Crippen molar-refractivity contribution < 1.29 is 9.53 Å². The summed E-state index contributed by atoms with van der Waals surface area (Å²) >= 11 is 0. The second-order valence-corrected chi connectivity index (χ2v) is 7.53. The van der Waals surface area contributed by atoms with Crippen LogP contribution in [0.15, 0.2) is 79.1 Å². The van der Waals surface area contributed by atoms with Crippen molar-refractivity contribution in [1.82, 2.24) is 15.3 Å². The van der Waals surface area contributed by atoms with Gasteiger partial charge >= 0.3 is 0 Å². The lowest BCUT2D eigenvalue weighted by Crippen LogP contribution is -2.37. The predicted molar refractivity (Wildman–Crippen MR) is 117 cm³/mol. The number of carbonyl (C=O) groups excluding carboxylic acids is 1. The molecule has 1 N–H and O–H groups in total. The van der Waals surface area contributed by atoms with Crippen molar-refractivity contribution in [2.75, 3.05) is 6.61 Å². The highest BCUT2D eigenvalue weighted by Gasteiger charge is 2.30. The summed E-state index contributed by atoms with van der Waals surface area (Å²) in [4.78, 5) is 22.2. The second kappa shape index (κ2) is 7.59. The maximum Gasteiger partial charge on any atom is 0.252 e. The zero-order valence-corrected chi connectivity index (χ0v) is 16.6. The molecule has 5 nitrogen and oxygen atoms in total.